The van der Waals surface area contributed by atoms with Crippen LogP contribution < -0.4 is 25.2 Å². The zero-order valence-electron chi connectivity index (χ0n) is 32.6. The van der Waals surface area contributed by atoms with E-state index in [9.17, 15) is 42.4 Å². The fraction of sp³-hybridized carbons (Fsp3) is 0.295. The lowest BCUT2D eigenvalue weighted by atomic mass is 10.0. The number of nitrogens with zero attached hydrogens (tertiary/aromatic N) is 4. The predicted octanol–water partition coefficient (Wildman–Crippen LogP) is 7.61. The van der Waals surface area contributed by atoms with Crippen molar-refractivity contribution in [3.05, 3.63) is 107 Å². The summed E-state index contributed by atoms with van der Waals surface area (Å²) in [5.41, 5.74) is 0.401. The van der Waals surface area contributed by atoms with Gasteiger partial charge in [0, 0.05) is 24.3 Å². The summed E-state index contributed by atoms with van der Waals surface area (Å²) in [6.07, 6.45) is -1.21. The second kappa shape index (κ2) is 16.6. The van der Waals surface area contributed by atoms with Crippen LogP contribution in [-0.4, -0.2) is 64.3 Å². The van der Waals surface area contributed by atoms with E-state index in [1.165, 1.54) is 6.07 Å². The maximum atomic E-state index is 13.7. The Morgan fingerprint density at radius 1 is 0.883 bits per heavy atom. The first-order chi connectivity index (χ1) is 28.6. The number of amides is 5. The van der Waals surface area contributed by atoms with Crippen molar-refractivity contribution in [1.82, 2.24) is 10.2 Å². The molecule has 4 aromatic carbocycles. The Hall–Kier alpha value is -6.60. The maximum Gasteiger partial charge on any atom is 0.417 e. The van der Waals surface area contributed by atoms with E-state index in [1.807, 2.05) is 36.4 Å². The van der Waals surface area contributed by atoms with E-state index in [0.717, 1.165) is 58.7 Å². The zero-order chi connectivity index (χ0) is 42.9. The SMILES string of the molecule is CC1(C)C(=O)N(c2ccc(C#N)c(C(F)(F)F)c2)C(=S)N1c1ccc(-c2ccc(OCCCCCCNc3cccc4c3C(=O)N(C3CCC(=O)NC3=O)C4=O)cc2)cc1. The molecule has 0 aliphatic carbocycles. The van der Waals surface area contributed by atoms with Crippen LogP contribution in [0.15, 0.2) is 84.9 Å². The average molecular weight is 837 g/mol. The predicted molar refractivity (Wildman–Crippen MR) is 220 cm³/mol. The quantitative estimate of drug-likeness (QED) is 0.0782. The van der Waals surface area contributed by atoms with Crippen molar-refractivity contribution in [2.75, 3.05) is 28.3 Å². The first kappa shape index (κ1) is 41.6. The van der Waals surface area contributed by atoms with E-state index in [0.29, 0.717) is 30.3 Å². The fourth-order valence-electron chi connectivity index (χ4n) is 7.66. The van der Waals surface area contributed by atoms with Gasteiger partial charge < -0.3 is 15.0 Å². The lowest BCUT2D eigenvalue weighted by Crippen LogP contribution is -2.54. The molecule has 2 fully saturated rings. The minimum absolute atomic E-state index is 0.0156. The number of benzene rings is 4. The van der Waals surface area contributed by atoms with Gasteiger partial charge in [0.05, 0.1) is 40.6 Å². The van der Waals surface area contributed by atoms with Crippen LogP contribution >= 0.6 is 12.2 Å². The molecule has 5 amide bonds. The van der Waals surface area contributed by atoms with E-state index in [1.54, 1.807) is 55.1 Å². The highest BCUT2D eigenvalue weighted by molar-refractivity contribution is 7.81. The Morgan fingerprint density at radius 2 is 1.55 bits per heavy atom. The molecule has 0 radical (unpaired) electrons. The number of nitriles is 1. The molecule has 2 saturated heterocycles. The van der Waals surface area contributed by atoms with Gasteiger partial charge in [-0.2, -0.15) is 18.4 Å². The van der Waals surface area contributed by atoms with Gasteiger partial charge in [-0.3, -0.25) is 39.1 Å². The van der Waals surface area contributed by atoms with Crippen molar-refractivity contribution in [3.63, 3.8) is 0 Å². The Labute approximate surface area is 348 Å². The molecular formula is C44H39F3N6O6S. The third-order valence-corrected chi connectivity index (χ3v) is 11.2. The third-order valence-electron chi connectivity index (χ3n) is 10.8. The topological polar surface area (TPSA) is 152 Å². The largest absolute Gasteiger partial charge is 0.494 e. The van der Waals surface area contributed by atoms with Crippen LogP contribution in [0.25, 0.3) is 11.1 Å². The summed E-state index contributed by atoms with van der Waals surface area (Å²) in [4.78, 5) is 67.5. The zero-order valence-corrected chi connectivity index (χ0v) is 33.4. The normalized spacial score (nSPS) is 17.5. The summed E-state index contributed by atoms with van der Waals surface area (Å²) in [7, 11) is 0. The van der Waals surface area contributed by atoms with Crippen LogP contribution in [0.3, 0.4) is 0 Å². The van der Waals surface area contributed by atoms with E-state index in [-0.39, 0.29) is 34.8 Å². The highest BCUT2D eigenvalue weighted by Gasteiger charge is 2.51. The van der Waals surface area contributed by atoms with E-state index < -0.39 is 58.4 Å². The second-order valence-corrected chi connectivity index (χ2v) is 15.5. The number of rotatable bonds is 13. The Balaban J connectivity index is 0.874. The van der Waals surface area contributed by atoms with Crippen molar-refractivity contribution < 1.29 is 41.9 Å². The van der Waals surface area contributed by atoms with Gasteiger partial charge in [0.15, 0.2) is 5.11 Å². The molecule has 3 aliphatic heterocycles. The molecule has 0 saturated carbocycles. The van der Waals surface area contributed by atoms with E-state index >= 15 is 0 Å². The summed E-state index contributed by atoms with van der Waals surface area (Å²) in [5.74, 6) is -1.96. The van der Waals surface area contributed by atoms with Crippen LogP contribution in [0, 0.1) is 11.3 Å². The summed E-state index contributed by atoms with van der Waals surface area (Å²) < 4.78 is 47.1. The number of nitrogens with one attached hydrogen (secondary N) is 2. The minimum atomic E-state index is -4.79. The number of ether oxygens (including phenoxy) is 1. The summed E-state index contributed by atoms with van der Waals surface area (Å²) in [6.45, 7) is 4.38. The van der Waals surface area contributed by atoms with Crippen LogP contribution in [0.5, 0.6) is 5.75 Å². The average Bonchev–Trinajstić information content (AvgIpc) is 3.58. The molecular weight excluding hydrogens is 798 g/mol. The van der Waals surface area contributed by atoms with Gasteiger partial charge >= 0.3 is 6.18 Å². The highest BCUT2D eigenvalue weighted by atomic mass is 32.1. The number of carbonyl (C=O) groups is 5. The number of carbonyl (C=O) groups excluding carboxylic acids is 5. The van der Waals surface area contributed by atoms with Crippen LogP contribution in [0.2, 0.25) is 0 Å². The molecule has 3 heterocycles. The van der Waals surface area contributed by atoms with Gasteiger partial charge in [-0.1, -0.05) is 43.2 Å². The molecule has 12 nitrogen and oxygen atoms in total. The smallest absolute Gasteiger partial charge is 0.417 e. The van der Waals surface area contributed by atoms with Crippen LogP contribution in [0.4, 0.5) is 30.2 Å². The molecule has 60 heavy (non-hydrogen) atoms. The van der Waals surface area contributed by atoms with E-state index in [4.69, 9.17) is 17.0 Å². The van der Waals surface area contributed by atoms with Crippen LogP contribution in [0.1, 0.15) is 84.2 Å². The first-order valence-corrected chi connectivity index (χ1v) is 19.7. The van der Waals surface area contributed by atoms with Gasteiger partial charge in [0.25, 0.3) is 17.7 Å². The third kappa shape index (κ3) is 7.92. The lowest BCUT2D eigenvalue weighted by molar-refractivity contribution is -0.138. The minimum Gasteiger partial charge on any atom is -0.494 e. The Bertz CT molecular complexity index is 2450. The van der Waals surface area contributed by atoms with Crippen molar-refractivity contribution >= 4 is 63.9 Å². The molecule has 0 aromatic heterocycles. The number of piperidine rings is 1. The molecule has 4 aromatic rings. The summed E-state index contributed by atoms with van der Waals surface area (Å²) in [5, 5.41) is 14.7. The maximum absolute atomic E-state index is 13.7. The number of halogens is 3. The molecule has 16 heteroatoms. The number of anilines is 3. The Kier molecular flexibility index (Phi) is 11.5. The van der Waals surface area contributed by atoms with E-state index in [2.05, 4.69) is 10.6 Å². The fourth-order valence-corrected chi connectivity index (χ4v) is 8.18. The standard InChI is InChI=1S/C44H39F3N6O6S/c1-43(2)41(58)51(30-17-12-28(25-48)33(24-30)44(45,46)47)42(60)53(43)29-15-10-26(11-16-29)27-13-18-31(19-14-27)59-23-6-4-3-5-22-49-34-9-7-8-32-37(34)40(57)52(39(32)56)35-20-21-36(54)50-38(35)55/h7-19,24,35,49H,3-6,20-23H2,1-2H3,(H,50,54,55). The molecule has 3 aliphatic rings. The first-order valence-electron chi connectivity index (χ1n) is 19.3. The monoisotopic (exact) mass is 836 g/mol. The van der Waals surface area contributed by atoms with Gasteiger partial charge in [0.1, 0.15) is 17.3 Å². The molecule has 0 spiro atoms. The number of imide groups is 2. The van der Waals surface area contributed by atoms with Gasteiger partial charge in [-0.05, 0) is 111 Å². The van der Waals surface area contributed by atoms with Gasteiger partial charge in [-0.15, -0.1) is 0 Å². The number of fused-ring (bicyclic) bond motifs is 1. The van der Waals surface area contributed by atoms with Crippen molar-refractivity contribution in [2.45, 2.75) is 70.1 Å². The number of thiocarbonyl (C=S) groups is 1. The molecule has 1 unspecified atom stereocenters. The van der Waals surface area contributed by atoms with Crippen LogP contribution in [-0.2, 0) is 20.6 Å². The van der Waals surface area contributed by atoms with Crippen molar-refractivity contribution in [1.29, 1.82) is 5.26 Å². The molecule has 0 bridgehead atoms. The van der Waals surface area contributed by atoms with Gasteiger partial charge in [-0.25, -0.2) is 0 Å². The number of unbranched alkanes of at least 4 members (excludes halogenated alkanes) is 3. The number of hydrogen-bond donors (Lipinski definition) is 2. The lowest BCUT2D eigenvalue weighted by Gasteiger charge is -2.29. The summed E-state index contributed by atoms with van der Waals surface area (Å²) >= 11 is 5.66. The summed E-state index contributed by atoms with van der Waals surface area (Å²) in [6, 6.07) is 23.6. The second-order valence-electron chi connectivity index (χ2n) is 15.1. The van der Waals surface area contributed by atoms with Gasteiger partial charge in [0.2, 0.25) is 11.8 Å². The van der Waals surface area contributed by atoms with Crippen molar-refractivity contribution in [2.24, 2.45) is 0 Å². The van der Waals surface area contributed by atoms with Crippen molar-refractivity contribution in [3.8, 4) is 22.9 Å². The molecule has 1 atom stereocenters. The molecule has 308 valence electrons. The molecule has 2 N–H and O–H groups in total. The number of hydrogen-bond acceptors (Lipinski definition) is 9. The molecule has 7 rings (SSSR count). The number of alkyl halides is 3. The highest BCUT2D eigenvalue weighted by Crippen LogP contribution is 2.40. The Morgan fingerprint density at radius 3 is 2.22 bits per heavy atom.